The van der Waals surface area contributed by atoms with Crippen LogP contribution >= 0.6 is 0 Å². The molecule has 1 amide bonds. The van der Waals surface area contributed by atoms with Crippen molar-refractivity contribution in [2.24, 2.45) is 0 Å². The Hall–Kier alpha value is -2.44. The van der Waals surface area contributed by atoms with Gasteiger partial charge in [-0.05, 0) is 55.3 Å². The molecule has 1 atom stereocenters. The van der Waals surface area contributed by atoms with Crippen LogP contribution in [0.2, 0.25) is 0 Å². The first-order valence-corrected chi connectivity index (χ1v) is 10.4. The Labute approximate surface area is 172 Å². The molecule has 3 rings (SSSR count). The highest BCUT2D eigenvalue weighted by molar-refractivity contribution is 5.79. The van der Waals surface area contributed by atoms with Crippen molar-refractivity contribution in [2.45, 2.75) is 25.9 Å². The number of benzene rings is 2. The molecule has 0 aliphatic carbocycles. The fourth-order valence-corrected chi connectivity index (χ4v) is 3.89. The molecular weight excluding hydrogens is 369 g/mol. The van der Waals surface area contributed by atoms with E-state index in [-0.39, 0.29) is 17.8 Å². The number of hydrogen-bond donors (Lipinski definition) is 3. The topological polar surface area (TPSA) is 47.2 Å². The van der Waals surface area contributed by atoms with Gasteiger partial charge in [-0.25, -0.2) is 4.39 Å². The van der Waals surface area contributed by atoms with Crippen molar-refractivity contribution in [3.63, 3.8) is 0 Å². The molecule has 0 unspecified atom stereocenters. The van der Waals surface area contributed by atoms with Gasteiger partial charge in [0.1, 0.15) is 44.3 Å². The summed E-state index contributed by atoms with van der Waals surface area (Å²) in [5.74, 6) is 0.751. The van der Waals surface area contributed by atoms with Crippen LogP contribution in [0.25, 0.3) is 0 Å². The molecule has 5 nitrogen and oxygen atoms in total. The maximum atomic E-state index is 13.0. The van der Waals surface area contributed by atoms with Gasteiger partial charge < -0.3 is 19.9 Å². The van der Waals surface area contributed by atoms with Gasteiger partial charge in [-0.3, -0.25) is 4.79 Å². The molecule has 1 aliphatic heterocycles. The lowest BCUT2D eigenvalue weighted by atomic mass is 10.1. The molecule has 0 spiro atoms. The van der Waals surface area contributed by atoms with E-state index < -0.39 is 0 Å². The Morgan fingerprint density at radius 2 is 1.66 bits per heavy atom. The molecule has 3 N–H and O–H groups in total. The minimum atomic E-state index is -0.233. The van der Waals surface area contributed by atoms with Gasteiger partial charge in [0, 0.05) is 12.1 Å². The lowest BCUT2D eigenvalue weighted by molar-refractivity contribution is -1.02. The Morgan fingerprint density at radius 3 is 2.28 bits per heavy atom. The number of carbonyl (C=O) groups is 1. The average Bonchev–Trinajstić information content (AvgIpc) is 2.75. The third-order valence-electron chi connectivity index (χ3n) is 5.84. The number of quaternary nitrogens is 2. The Balaban J connectivity index is 1.38. The number of nitrogens with one attached hydrogen (secondary N) is 3. The average molecular weight is 402 g/mol. The zero-order valence-electron chi connectivity index (χ0n) is 17.3. The molecule has 6 heteroatoms. The molecular formula is C23H32FN3O2+2. The minimum absolute atomic E-state index is 0.0502. The highest BCUT2D eigenvalue weighted by Gasteiger charge is 2.30. The summed E-state index contributed by atoms with van der Waals surface area (Å²) >= 11 is 0. The van der Waals surface area contributed by atoms with Crippen LogP contribution in [-0.4, -0.2) is 51.8 Å². The smallest absolute Gasteiger partial charge is 0.278 e. The summed E-state index contributed by atoms with van der Waals surface area (Å²) in [6, 6.07) is 14.7. The highest BCUT2D eigenvalue weighted by atomic mass is 19.1. The van der Waals surface area contributed by atoms with Gasteiger partial charge in [-0.2, -0.15) is 0 Å². The largest absolute Gasteiger partial charge is 0.497 e. The van der Waals surface area contributed by atoms with E-state index in [1.165, 1.54) is 22.6 Å². The Morgan fingerprint density at radius 1 is 1.03 bits per heavy atom. The molecule has 1 saturated heterocycles. The number of hydrogen-bond acceptors (Lipinski definition) is 2. The number of piperazine rings is 1. The first-order valence-electron chi connectivity index (χ1n) is 10.4. The van der Waals surface area contributed by atoms with Crippen molar-refractivity contribution in [1.82, 2.24) is 5.32 Å². The monoisotopic (exact) mass is 401 g/mol. The van der Waals surface area contributed by atoms with Crippen molar-refractivity contribution >= 4 is 5.91 Å². The second-order valence-corrected chi connectivity index (χ2v) is 7.82. The fraction of sp³-hybridized carbons (Fsp3) is 0.435. The van der Waals surface area contributed by atoms with Crippen molar-refractivity contribution in [1.29, 1.82) is 0 Å². The molecule has 2 aromatic rings. The predicted octanol–water partition coefficient (Wildman–Crippen LogP) is -0.135. The van der Waals surface area contributed by atoms with E-state index in [9.17, 15) is 9.18 Å². The number of methoxy groups -OCH3 is 1. The van der Waals surface area contributed by atoms with Crippen LogP contribution < -0.4 is 19.9 Å². The summed E-state index contributed by atoms with van der Waals surface area (Å²) in [5, 5.41) is 3.03. The zero-order chi connectivity index (χ0) is 20.6. The van der Waals surface area contributed by atoms with Gasteiger partial charge in [0.15, 0.2) is 6.04 Å². The van der Waals surface area contributed by atoms with E-state index in [0.717, 1.165) is 44.0 Å². The van der Waals surface area contributed by atoms with Crippen LogP contribution in [-0.2, 0) is 17.8 Å². The first-order chi connectivity index (χ1) is 14.0. The van der Waals surface area contributed by atoms with Crippen molar-refractivity contribution < 1.29 is 23.7 Å². The Bertz CT molecular complexity index is 772. The summed E-state index contributed by atoms with van der Waals surface area (Å²) in [6.07, 6.45) is 0.716. The number of rotatable bonds is 8. The number of ether oxygens (including phenoxy) is 1. The molecule has 0 saturated carbocycles. The molecule has 1 heterocycles. The summed E-state index contributed by atoms with van der Waals surface area (Å²) in [4.78, 5) is 15.4. The molecule has 0 bridgehead atoms. The molecule has 156 valence electrons. The summed E-state index contributed by atoms with van der Waals surface area (Å²) in [7, 11) is 1.68. The van der Waals surface area contributed by atoms with E-state index in [1.807, 2.05) is 19.1 Å². The molecule has 1 aliphatic rings. The normalized spacial score (nSPS) is 20.1. The van der Waals surface area contributed by atoms with Gasteiger partial charge in [0.25, 0.3) is 5.91 Å². The second-order valence-electron chi connectivity index (χ2n) is 7.82. The van der Waals surface area contributed by atoms with E-state index in [0.29, 0.717) is 13.0 Å². The third kappa shape index (κ3) is 6.27. The van der Waals surface area contributed by atoms with Crippen LogP contribution in [0.1, 0.15) is 18.1 Å². The summed E-state index contributed by atoms with van der Waals surface area (Å²) in [6.45, 7) is 7.72. The summed E-state index contributed by atoms with van der Waals surface area (Å²) in [5.41, 5.74) is 2.35. The van der Waals surface area contributed by atoms with Crippen LogP contribution in [0.3, 0.4) is 0 Å². The van der Waals surface area contributed by atoms with Gasteiger partial charge in [-0.1, -0.05) is 12.1 Å². The zero-order valence-corrected chi connectivity index (χ0v) is 17.3. The molecule has 29 heavy (non-hydrogen) atoms. The maximum Gasteiger partial charge on any atom is 0.278 e. The number of carbonyl (C=O) groups excluding carboxylic acids is 1. The highest BCUT2D eigenvalue weighted by Crippen LogP contribution is 2.10. The first kappa shape index (κ1) is 21.3. The van der Waals surface area contributed by atoms with Crippen LogP contribution in [0, 0.1) is 5.82 Å². The van der Waals surface area contributed by atoms with Gasteiger partial charge in [0.2, 0.25) is 0 Å². The van der Waals surface area contributed by atoms with Gasteiger partial charge >= 0.3 is 0 Å². The summed E-state index contributed by atoms with van der Waals surface area (Å²) < 4.78 is 18.2. The van der Waals surface area contributed by atoms with Gasteiger partial charge in [-0.15, -0.1) is 0 Å². The van der Waals surface area contributed by atoms with E-state index in [1.54, 1.807) is 24.1 Å². The van der Waals surface area contributed by atoms with Crippen molar-refractivity contribution in [3.05, 3.63) is 65.5 Å². The van der Waals surface area contributed by atoms with Crippen LogP contribution in [0.15, 0.2) is 48.5 Å². The predicted molar refractivity (Wildman–Crippen MR) is 111 cm³/mol. The van der Waals surface area contributed by atoms with Crippen molar-refractivity contribution in [3.8, 4) is 5.75 Å². The van der Waals surface area contributed by atoms with Crippen LogP contribution in [0.4, 0.5) is 4.39 Å². The quantitative estimate of drug-likeness (QED) is 0.577. The third-order valence-corrected chi connectivity index (χ3v) is 5.84. The minimum Gasteiger partial charge on any atom is -0.497 e. The maximum absolute atomic E-state index is 13.0. The van der Waals surface area contributed by atoms with E-state index in [4.69, 9.17) is 4.74 Å². The van der Waals surface area contributed by atoms with Gasteiger partial charge in [0.05, 0.1) is 7.11 Å². The molecule has 0 radical (unpaired) electrons. The second kappa shape index (κ2) is 10.4. The standard InChI is InChI=1S/C23H30FN3O2/c1-18(23(28)25-12-11-19-3-7-21(24)8-4-19)27-15-13-26(14-16-27)17-20-5-9-22(29-2)10-6-20/h3-10,18H,11-17H2,1-2H3,(H,25,28)/p+2/t18-/m0/s1. The molecule has 1 fully saturated rings. The number of halogens is 1. The Kier molecular flexibility index (Phi) is 7.61. The molecule has 2 aromatic carbocycles. The van der Waals surface area contributed by atoms with E-state index >= 15 is 0 Å². The fourth-order valence-electron chi connectivity index (χ4n) is 3.89. The van der Waals surface area contributed by atoms with Crippen molar-refractivity contribution in [2.75, 3.05) is 39.8 Å². The van der Waals surface area contributed by atoms with Crippen LogP contribution in [0.5, 0.6) is 5.75 Å². The molecule has 0 aromatic heterocycles. The lowest BCUT2D eigenvalue weighted by Crippen LogP contribution is -3.29. The SMILES string of the molecule is COc1ccc(C[NH+]2CC[NH+]([C@@H](C)C(=O)NCCc3ccc(F)cc3)CC2)cc1. The lowest BCUT2D eigenvalue weighted by Gasteiger charge is -2.32. The van der Waals surface area contributed by atoms with E-state index in [2.05, 4.69) is 17.4 Å². The number of amides is 1.